The summed E-state index contributed by atoms with van der Waals surface area (Å²) in [5.41, 5.74) is 6.46. The number of allylic oxidation sites excluding steroid dienone is 4. The Kier molecular flexibility index (Phi) is 4.30. The molecule has 0 fully saturated rings. The Balaban J connectivity index is 2.08. The minimum atomic E-state index is -0.187. The molecule has 2 N–H and O–H groups in total. The number of hydrogen-bond donors (Lipinski definition) is 1. The van der Waals surface area contributed by atoms with Gasteiger partial charge in [-0.2, -0.15) is 0 Å². The molecule has 0 aromatic rings. The minimum absolute atomic E-state index is 0.187. The summed E-state index contributed by atoms with van der Waals surface area (Å²) in [6.45, 7) is 0. The van der Waals surface area contributed by atoms with E-state index in [2.05, 4.69) is 18.2 Å². The van der Waals surface area contributed by atoms with Crippen molar-refractivity contribution in [1.29, 1.82) is 0 Å². The van der Waals surface area contributed by atoms with E-state index in [1.54, 1.807) is 0 Å². The smallest absolute Gasteiger partial charge is 0.217 e. The van der Waals surface area contributed by atoms with Crippen LogP contribution in [0.1, 0.15) is 38.5 Å². The lowest BCUT2D eigenvalue weighted by atomic mass is 10.0. The maximum Gasteiger partial charge on any atom is 0.217 e. The number of hydrogen-bond acceptors (Lipinski definition) is 1. The van der Waals surface area contributed by atoms with Crippen LogP contribution in [0.5, 0.6) is 0 Å². The van der Waals surface area contributed by atoms with E-state index >= 15 is 0 Å². The van der Waals surface area contributed by atoms with Crippen LogP contribution >= 0.6 is 0 Å². The summed E-state index contributed by atoms with van der Waals surface area (Å²) in [5, 5.41) is 0. The first kappa shape index (κ1) is 10.0. The number of unbranched alkanes of at least 4 members (excludes halogenated alkanes) is 1. The molecule has 0 atom stereocenters. The fourth-order valence-corrected chi connectivity index (χ4v) is 1.48. The van der Waals surface area contributed by atoms with Crippen LogP contribution in [0.3, 0.4) is 0 Å². The van der Waals surface area contributed by atoms with E-state index in [9.17, 15) is 4.79 Å². The van der Waals surface area contributed by atoms with Crippen molar-refractivity contribution in [2.75, 3.05) is 0 Å². The van der Waals surface area contributed by atoms with Gasteiger partial charge in [-0.3, -0.25) is 4.79 Å². The molecule has 0 spiro atoms. The van der Waals surface area contributed by atoms with E-state index in [-0.39, 0.29) is 5.91 Å². The maximum atomic E-state index is 10.4. The van der Waals surface area contributed by atoms with Gasteiger partial charge in [-0.1, -0.05) is 23.8 Å². The molecule has 13 heavy (non-hydrogen) atoms. The van der Waals surface area contributed by atoms with Gasteiger partial charge in [-0.05, 0) is 32.1 Å². The van der Waals surface area contributed by atoms with Gasteiger partial charge < -0.3 is 5.73 Å². The van der Waals surface area contributed by atoms with Crippen molar-refractivity contribution in [3.63, 3.8) is 0 Å². The van der Waals surface area contributed by atoms with Crippen molar-refractivity contribution in [2.45, 2.75) is 38.5 Å². The summed E-state index contributed by atoms with van der Waals surface area (Å²) in [6.07, 6.45) is 12.6. The second kappa shape index (κ2) is 5.57. The molecule has 72 valence electrons. The zero-order valence-electron chi connectivity index (χ0n) is 7.96. The summed E-state index contributed by atoms with van der Waals surface area (Å²) in [7, 11) is 0. The Morgan fingerprint density at radius 1 is 1.38 bits per heavy atom. The first-order chi connectivity index (χ1) is 6.29. The molecule has 2 heteroatoms. The Morgan fingerprint density at radius 2 is 2.23 bits per heavy atom. The van der Waals surface area contributed by atoms with Crippen LogP contribution < -0.4 is 5.73 Å². The fourth-order valence-electron chi connectivity index (χ4n) is 1.48. The summed E-state index contributed by atoms with van der Waals surface area (Å²) in [5.74, 6) is -0.187. The number of nitrogens with two attached hydrogens (primary N) is 1. The fraction of sp³-hybridized carbons (Fsp3) is 0.545. The van der Waals surface area contributed by atoms with Gasteiger partial charge in [-0.25, -0.2) is 0 Å². The molecule has 0 bridgehead atoms. The number of rotatable bonds is 5. The molecule has 1 aliphatic rings. The zero-order chi connectivity index (χ0) is 9.52. The highest BCUT2D eigenvalue weighted by Crippen LogP contribution is 2.15. The zero-order valence-corrected chi connectivity index (χ0v) is 7.96. The molecule has 0 aliphatic heterocycles. The van der Waals surface area contributed by atoms with Crippen LogP contribution in [-0.2, 0) is 4.79 Å². The number of primary amides is 1. The highest BCUT2D eigenvalue weighted by molar-refractivity contribution is 5.73. The average molecular weight is 179 g/mol. The summed E-state index contributed by atoms with van der Waals surface area (Å²) < 4.78 is 0. The number of carbonyl (C=O) groups is 1. The summed E-state index contributed by atoms with van der Waals surface area (Å²) in [4.78, 5) is 10.4. The molecule has 0 aromatic heterocycles. The van der Waals surface area contributed by atoms with E-state index in [0.717, 1.165) is 19.3 Å². The average Bonchev–Trinajstić information content (AvgIpc) is 2.14. The van der Waals surface area contributed by atoms with Crippen LogP contribution in [0.2, 0.25) is 0 Å². The maximum absolute atomic E-state index is 10.4. The van der Waals surface area contributed by atoms with Crippen LogP contribution in [0, 0.1) is 0 Å². The molecule has 0 saturated carbocycles. The Hall–Kier alpha value is -1.05. The third-order valence-corrected chi connectivity index (χ3v) is 2.21. The second-order valence-corrected chi connectivity index (χ2v) is 3.43. The topological polar surface area (TPSA) is 43.1 Å². The van der Waals surface area contributed by atoms with Crippen molar-refractivity contribution >= 4 is 5.91 Å². The highest BCUT2D eigenvalue weighted by atomic mass is 16.1. The van der Waals surface area contributed by atoms with E-state index < -0.39 is 0 Å². The Morgan fingerprint density at radius 3 is 2.85 bits per heavy atom. The number of carbonyl (C=O) groups excluding carboxylic acids is 1. The van der Waals surface area contributed by atoms with Crippen LogP contribution in [0.4, 0.5) is 0 Å². The molecule has 1 rings (SSSR count). The van der Waals surface area contributed by atoms with Crippen molar-refractivity contribution in [2.24, 2.45) is 5.73 Å². The molecule has 1 amide bonds. The van der Waals surface area contributed by atoms with E-state index in [4.69, 9.17) is 5.73 Å². The van der Waals surface area contributed by atoms with Gasteiger partial charge in [0.05, 0.1) is 0 Å². The lowest BCUT2D eigenvalue weighted by Gasteiger charge is -2.05. The van der Waals surface area contributed by atoms with Crippen LogP contribution in [-0.4, -0.2) is 5.91 Å². The van der Waals surface area contributed by atoms with Gasteiger partial charge in [0, 0.05) is 6.42 Å². The molecule has 1 aliphatic carbocycles. The number of amides is 1. The Bertz CT molecular complexity index is 228. The van der Waals surface area contributed by atoms with Crippen molar-refractivity contribution in [3.8, 4) is 0 Å². The summed E-state index contributed by atoms with van der Waals surface area (Å²) >= 11 is 0. The van der Waals surface area contributed by atoms with Gasteiger partial charge in [0.2, 0.25) is 5.91 Å². The lowest BCUT2D eigenvalue weighted by Crippen LogP contribution is -2.09. The van der Waals surface area contributed by atoms with Crippen LogP contribution in [0.25, 0.3) is 0 Å². The quantitative estimate of drug-likeness (QED) is 0.646. The molecule has 0 unspecified atom stereocenters. The molecule has 2 nitrogen and oxygen atoms in total. The van der Waals surface area contributed by atoms with Gasteiger partial charge in [-0.15, -0.1) is 0 Å². The van der Waals surface area contributed by atoms with E-state index in [1.807, 2.05) is 0 Å². The standard InChI is InChI=1S/C11H17NO/c12-11(13)9-5-4-8-10-6-2-1-3-7-10/h2,6-7H,1,3-5,8-9H2,(H2,12,13). The van der Waals surface area contributed by atoms with E-state index in [0.29, 0.717) is 6.42 Å². The van der Waals surface area contributed by atoms with Gasteiger partial charge >= 0.3 is 0 Å². The van der Waals surface area contributed by atoms with Crippen molar-refractivity contribution in [3.05, 3.63) is 23.8 Å². The lowest BCUT2D eigenvalue weighted by molar-refractivity contribution is -0.118. The predicted molar refractivity (Wildman–Crippen MR) is 54.1 cm³/mol. The van der Waals surface area contributed by atoms with E-state index in [1.165, 1.54) is 18.4 Å². The minimum Gasteiger partial charge on any atom is -0.370 e. The molecular weight excluding hydrogens is 162 g/mol. The largest absolute Gasteiger partial charge is 0.370 e. The first-order valence-electron chi connectivity index (χ1n) is 4.93. The molecule has 0 heterocycles. The molecule has 0 aromatic carbocycles. The van der Waals surface area contributed by atoms with Gasteiger partial charge in [0.25, 0.3) is 0 Å². The first-order valence-corrected chi connectivity index (χ1v) is 4.93. The third-order valence-electron chi connectivity index (χ3n) is 2.21. The molecular formula is C11H17NO. The normalized spacial score (nSPS) is 15.5. The second-order valence-electron chi connectivity index (χ2n) is 3.43. The van der Waals surface area contributed by atoms with Crippen molar-refractivity contribution in [1.82, 2.24) is 0 Å². The van der Waals surface area contributed by atoms with Crippen molar-refractivity contribution < 1.29 is 4.79 Å². The molecule has 0 radical (unpaired) electrons. The SMILES string of the molecule is NC(=O)CCCCC1=CCCC=C1. The summed E-state index contributed by atoms with van der Waals surface area (Å²) in [6, 6.07) is 0. The third kappa shape index (κ3) is 4.51. The van der Waals surface area contributed by atoms with Gasteiger partial charge in [0.1, 0.15) is 0 Å². The molecule has 0 saturated heterocycles. The van der Waals surface area contributed by atoms with Gasteiger partial charge in [0.15, 0.2) is 0 Å². The highest BCUT2D eigenvalue weighted by Gasteiger charge is 1.98. The predicted octanol–water partition coefficient (Wildman–Crippen LogP) is 2.31. The Labute approximate surface area is 79.5 Å². The van der Waals surface area contributed by atoms with Crippen LogP contribution in [0.15, 0.2) is 23.8 Å². The monoisotopic (exact) mass is 179 g/mol.